The van der Waals surface area contributed by atoms with Gasteiger partial charge in [0.25, 0.3) is 0 Å². The molecule has 0 bridgehead atoms. The van der Waals surface area contributed by atoms with Gasteiger partial charge >= 0.3 is 0 Å². The number of nitrogens with zero attached hydrogens (tertiary/aromatic N) is 2. The largest absolute Gasteiger partial charge is 0.496 e. The quantitative estimate of drug-likeness (QED) is 0.623. The van der Waals surface area contributed by atoms with E-state index in [1.807, 2.05) is 0 Å². The molecule has 2 rings (SSSR count). The Hall–Kier alpha value is -2.21. The van der Waals surface area contributed by atoms with Crippen molar-refractivity contribution in [2.24, 2.45) is 5.84 Å². The first-order chi connectivity index (χ1) is 8.26. The van der Waals surface area contributed by atoms with Crippen LogP contribution in [0.2, 0.25) is 0 Å². The molecule has 0 amide bonds. The molecule has 0 saturated carbocycles. The van der Waals surface area contributed by atoms with Crippen LogP contribution in [-0.4, -0.2) is 17.3 Å². The summed E-state index contributed by atoms with van der Waals surface area (Å²) in [5, 5.41) is 7.66. The molecule has 1 aromatic carbocycles. The highest BCUT2D eigenvalue weighted by Crippen LogP contribution is 2.30. The topological polar surface area (TPSA) is 73.1 Å². The number of hydrogen-bond acceptors (Lipinski definition) is 5. The average Bonchev–Trinajstić information content (AvgIpc) is 2.38. The third kappa shape index (κ3) is 2.16. The molecule has 6 heteroatoms. The van der Waals surface area contributed by atoms with Crippen LogP contribution in [0.15, 0.2) is 30.3 Å². The molecule has 0 fully saturated rings. The fourth-order valence-electron chi connectivity index (χ4n) is 1.47. The number of ether oxygens (including phenoxy) is 1. The lowest BCUT2D eigenvalue weighted by Crippen LogP contribution is -2.09. The first-order valence-electron chi connectivity index (χ1n) is 4.89. The lowest BCUT2D eigenvalue weighted by atomic mass is 10.1. The van der Waals surface area contributed by atoms with E-state index in [2.05, 4.69) is 15.6 Å². The average molecular weight is 234 g/mol. The van der Waals surface area contributed by atoms with Crippen molar-refractivity contribution in [1.82, 2.24) is 10.2 Å². The fraction of sp³-hybridized carbons (Fsp3) is 0.0909. The maximum absolute atomic E-state index is 13.7. The number of nitrogens with one attached hydrogen (secondary N) is 1. The summed E-state index contributed by atoms with van der Waals surface area (Å²) in [6.07, 6.45) is 0. The van der Waals surface area contributed by atoms with Gasteiger partial charge in [-0.2, -0.15) is 0 Å². The zero-order valence-electron chi connectivity index (χ0n) is 9.14. The Morgan fingerprint density at radius 3 is 2.65 bits per heavy atom. The van der Waals surface area contributed by atoms with Crippen LogP contribution < -0.4 is 16.0 Å². The molecule has 17 heavy (non-hydrogen) atoms. The number of benzene rings is 1. The van der Waals surface area contributed by atoms with Gasteiger partial charge in [-0.3, -0.25) is 0 Å². The SMILES string of the molecule is COc1cccc(F)c1-c1ccc(NN)nn1. The van der Waals surface area contributed by atoms with Gasteiger partial charge in [-0.25, -0.2) is 10.2 Å². The van der Waals surface area contributed by atoms with Gasteiger partial charge in [-0.15, -0.1) is 10.2 Å². The van der Waals surface area contributed by atoms with Crippen LogP contribution in [0.25, 0.3) is 11.3 Å². The Kier molecular flexibility index (Phi) is 3.15. The van der Waals surface area contributed by atoms with Crippen LogP contribution in [-0.2, 0) is 0 Å². The van der Waals surface area contributed by atoms with Gasteiger partial charge in [0.15, 0.2) is 5.82 Å². The Morgan fingerprint density at radius 2 is 2.06 bits per heavy atom. The predicted octanol–water partition coefficient (Wildman–Crippen LogP) is 1.58. The molecule has 0 saturated heterocycles. The van der Waals surface area contributed by atoms with Gasteiger partial charge in [0.05, 0.1) is 18.4 Å². The number of anilines is 1. The van der Waals surface area contributed by atoms with Crippen LogP contribution in [0.4, 0.5) is 10.2 Å². The standard InChI is InChI=1S/C11H11FN4O/c1-17-9-4-2-3-7(12)11(9)8-5-6-10(14-13)16-15-8/h2-6H,13H2,1H3,(H,14,16). The second-order valence-corrected chi connectivity index (χ2v) is 3.27. The van der Waals surface area contributed by atoms with Gasteiger partial charge in [0.1, 0.15) is 11.6 Å². The maximum atomic E-state index is 13.7. The fourth-order valence-corrected chi connectivity index (χ4v) is 1.47. The summed E-state index contributed by atoms with van der Waals surface area (Å²) >= 11 is 0. The Labute approximate surface area is 97.4 Å². The summed E-state index contributed by atoms with van der Waals surface area (Å²) in [5.74, 6) is 5.58. The second kappa shape index (κ2) is 4.75. The molecule has 2 aromatic rings. The highest BCUT2D eigenvalue weighted by molar-refractivity contribution is 5.67. The Bertz CT molecular complexity index is 515. The summed E-state index contributed by atoms with van der Waals surface area (Å²) in [5.41, 5.74) is 3.02. The third-order valence-electron chi connectivity index (χ3n) is 2.26. The zero-order valence-corrected chi connectivity index (χ0v) is 9.14. The number of nitrogen functional groups attached to an aromatic ring is 1. The van der Waals surface area contributed by atoms with Gasteiger partial charge in [-0.1, -0.05) is 6.07 Å². The number of halogens is 1. The van der Waals surface area contributed by atoms with Crippen LogP contribution in [0, 0.1) is 5.82 Å². The van der Waals surface area contributed by atoms with Crippen molar-refractivity contribution in [3.05, 3.63) is 36.1 Å². The maximum Gasteiger partial charge on any atom is 0.162 e. The number of rotatable bonds is 3. The Morgan fingerprint density at radius 1 is 1.24 bits per heavy atom. The first-order valence-corrected chi connectivity index (χ1v) is 4.89. The second-order valence-electron chi connectivity index (χ2n) is 3.27. The van der Waals surface area contributed by atoms with E-state index in [4.69, 9.17) is 10.6 Å². The summed E-state index contributed by atoms with van der Waals surface area (Å²) in [6, 6.07) is 7.79. The summed E-state index contributed by atoms with van der Waals surface area (Å²) < 4.78 is 18.8. The van der Waals surface area contributed by atoms with Gasteiger partial charge in [0, 0.05) is 0 Å². The number of nitrogens with two attached hydrogens (primary N) is 1. The molecule has 1 aromatic heterocycles. The number of aromatic nitrogens is 2. The summed E-state index contributed by atoms with van der Waals surface area (Å²) in [6.45, 7) is 0. The van der Waals surface area contributed by atoms with Crippen molar-refractivity contribution in [1.29, 1.82) is 0 Å². The lowest BCUT2D eigenvalue weighted by Gasteiger charge is -2.08. The van der Waals surface area contributed by atoms with Gasteiger partial charge < -0.3 is 10.2 Å². The monoisotopic (exact) mass is 234 g/mol. The van der Waals surface area contributed by atoms with E-state index in [0.717, 1.165) is 0 Å². The minimum atomic E-state index is -0.410. The molecular formula is C11H11FN4O. The molecule has 0 unspecified atom stereocenters. The molecule has 88 valence electrons. The van der Waals surface area contributed by atoms with Crippen molar-refractivity contribution >= 4 is 5.82 Å². The molecule has 0 atom stereocenters. The Balaban J connectivity index is 2.51. The molecule has 1 heterocycles. The lowest BCUT2D eigenvalue weighted by molar-refractivity contribution is 0.413. The minimum Gasteiger partial charge on any atom is -0.496 e. The van der Waals surface area contributed by atoms with Crippen molar-refractivity contribution in [2.45, 2.75) is 0 Å². The molecule has 0 aliphatic rings. The van der Waals surface area contributed by atoms with Crippen LogP contribution in [0.5, 0.6) is 5.75 Å². The van der Waals surface area contributed by atoms with E-state index < -0.39 is 5.82 Å². The number of hydrogen-bond donors (Lipinski definition) is 2. The molecule has 3 N–H and O–H groups in total. The van der Waals surface area contributed by atoms with Crippen molar-refractivity contribution in [2.75, 3.05) is 12.5 Å². The minimum absolute atomic E-state index is 0.283. The van der Waals surface area contributed by atoms with Crippen molar-refractivity contribution in [3.63, 3.8) is 0 Å². The first kappa shape index (κ1) is 11.3. The molecule has 0 spiro atoms. The molecule has 0 aliphatic carbocycles. The number of hydrazine groups is 1. The molecule has 5 nitrogen and oxygen atoms in total. The summed E-state index contributed by atoms with van der Waals surface area (Å²) in [7, 11) is 1.47. The van der Waals surface area contributed by atoms with E-state index >= 15 is 0 Å². The van der Waals surface area contributed by atoms with E-state index in [0.29, 0.717) is 17.3 Å². The van der Waals surface area contributed by atoms with Crippen molar-refractivity contribution in [3.8, 4) is 17.0 Å². The zero-order chi connectivity index (χ0) is 12.3. The van der Waals surface area contributed by atoms with E-state index in [1.54, 1.807) is 24.3 Å². The van der Waals surface area contributed by atoms with Crippen LogP contribution >= 0.6 is 0 Å². The highest BCUT2D eigenvalue weighted by atomic mass is 19.1. The van der Waals surface area contributed by atoms with Crippen LogP contribution in [0.3, 0.4) is 0 Å². The molecule has 0 aliphatic heterocycles. The summed E-state index contributed by atoms with van der Waals surface area (Å²) in [4.78, 5) is 0. The van der Waals surface area contributed by atoms with E-state index in [9.17, 15) is 4.39 Å². The normalized spacial score (nSPS) is 10.1. The van der Waals surface area contributed by atoms with Crippen LogP contribution in [0.1, 0.15) is 0 Å². The molecule has 0 radical (unpaired) electrons. The smallest absolute Gasteiger partial charge is 0.162 e. The van der Waals surface area contributed by atoms with Gasteiger partial charge in [0.2, 0.25) is 0 Å². The van der Waals surface area contributed by atoms with E-state index in [-0.39, 0.29) is 5.56 Å². The van der Waals surface area contributed by atoms with Crippen molar-refractivity contribution < 1.29 is 9.13 Å². The highest BCUT2D eigenvalue weighted by Gasteiger charge is 2.13. The van der Waals surface area contributed by atoms with E-state index in [1.165, 1.54) is 13.2 Å². The predicted molar refractivity (Wildman–Crippen MR) is 61.8 cm³/mol. The molecular weight excluding hydrogens is 223 g/mol. The van der Waals surface area contributed by atoms with Gasteiger partial charge in [-0.05, 0) is 24.3 Å². The third-order valence-corrected chi connectivity index (χ3v) is 2.26. The number of methoxy groups -OCH3 is 1.